The van der Waals surface area contributed by atoms with Crippen LogP contribution in [0, 0.1) is 0 Å². The van der Waals surface area contributed by atoms with Crippen LogP contribution in [0.15, 0.2) is 53.5 Å². The minimum absolute atomic E-state index is 0.117. The van der Waals surface area contributed by atoms with Gasteiger partial charge in [-0.05, 0) is 47.5 Å². The number of phenolic OH excluding ortho intramolecular Hbond substituents is 1. The van der Waals surface area contributed by atoms with Gasteiger partial charge in [-0.2, -0.15) is 0 Å². The second-order valence-electron chi connectivity index (χ2n) is 5.50. The van der Waals surface area contributed by atoms with Crippen LogP contribution in [0.2, 0.25) is 0 Å². The molecule has 0 aromatic heterocycles. The molecule has 0 unspecified atom stereocenters. The third kappa shape index (κ3) is 3.19. The fraction of sp³-hybridized carbons (Fsp3) is 0.111. The molecular formula is C18H15BrN2O3. The number of carbonyl (C=O) groups excluding carboxylic acids is 2. The third-order valence-electron chi connectivity index (χ3n) is 3.86. The van der Waals surface area contributed by atoms with E-state index in [1.807, 2.05) is 18.2 Å². The quantitative estimate of drug-likeness (QED) is 0.626. The molecule has 0 saturated heterocycles. The lowest BCUT2D eigenvalue weighted by atomic mass is 10.1. The molecule has 1 aliphatic rings. The van der Waals surface area contributed by atoms with Crippen LogP contribution in [0.25, 0.3) is 0 Å². The van der Waals surface area contributed by atoms with Crippen molar-refractivity contribution in [2.75, 3.05) is 5.32 Å². The number of benzene rings is 2. The average Bonchev–Trinajstić information content (AvgIpc) is 2.98. The van der Waals surface area contributed by atoms with Crippen molar-refractivity contribution in [3.8, 4) is 5.75 Å². The first-order valence-corrected chi connectivity index (χ1v) is 8.10. The maximum Gasteiger partial charge on any atom is 0.258 e. The van der Waals surface area contributed by atoms with Crippen LogP contribution in [0.4, 0.5) is 5.69 Å². The van der Waals surface area contributed by atoms with E-state index < -0.39 is 0 Å². The lowest BCUT2D eigenvalue weighted by Gasteiger charge is -2.17. The van der Waals surface area contributed by atoms with E-state index in [2.05, 4.69) is 27.8 Å². The normalized spacial score (nSPS) is 12.6. The molecule has 0 radical (unpaired) electrons. The van der Waals surface area contributed by atoms with Crippen molar-refractivity contribution in [2.24, 2.45) is 0 Å². The Bertz CT molecular complexity index is 848. The lowest BCUT2D eigenvalue weighted by molar-refractivity contribution is -0.111. The molecule has 122 valence electrons. The van der Waals surface area contributed by atoms with Gasteiger partial charge in [0.1, 0.15) is 5.75 Å². The van der Waals surface area contributed by atoms with Gasteiger partial charge in [-0.25, -0.2) is 0 Å². The SMILES string of the molecule is C=CC(=O)Nc1ccc(O)c(C(=O)N2Cc3ccc(Br)cc3C2)c1. The zero-order chi connectivity index (χ0) is 17.3. The van der Waals surface area contributed by atoms with Gasteiger partial charge in [-0.1, -0.05) is 28.6 Å². The zero-order valence-corrected chi connectivity index (χ0v) is 14.3. The van der Waals surface area contributed by atoms with Crippen LogP contribution in [0.5, 0.6) is 5.75 Å². The van der Waals surface area contributed by atoms with E-state index in [0.29, 0.717) is 18.8 Å². The molecule has 0 fully saturated rings. The van der Waals surface area contributed by atoms with Crippen molar-refractivity contribution in [2.45, 2.75) is 13.1 Å². The maximum absolute atomic E-state index is 12.8. The van der Waals surface area contributed by atoms with E-state index >= 15 is 0 Å². The topological polar surface area (TPSA) is 69.6 Å². The van der Waals surface area contributed by atoms with Crippen molar-refractivity contribution in [1.29, 1.82) is 0 Å². The number of halogens is 1. The smallest absolute Gasteiger partial charge is 0.258 e. The van der Waals surface area contributed by atoms with Gasteiger partial charge in [0.2, 0.25) is 5.91 Å². The number of fused-ring (bicyclic) bond motifs is 1. The molecule has 6 heteroatoms. The lowest BCUT2D eigenvalue weighted by Crippen LogP contribution is -2.25. The number of carbonyl (C=O) groups is 2. The van der Waals surface area contributed by atoms with Crippen molar-refractivity contribution in [3.63, 3.8) is 0 Å². The number of anilines is 1. The average molecular weight is 387 g/mol. The number of hydrogen-bond acceptors (Lipinski definition) is 3. The highest BCUT2D eigenvalue weighted by Gasteiger charge is 2.26. The number of hydrogen-bond donors (Lipinski definition) is 2. The van der Waals surface area contributed by atoms with Gasteiger partial charge < -0.3 is 15.3 Å². The van der Waals surface area contributed by atoms with Gasteiger partial charge in [-0.15, -0.1) is 0 Å². The van der Waals surface area contributed by atoms with E-state index in [-0.39, 0.29) is 23.1 Å². The van der Waals surface area contributed by atoms with E-state index in [0.717, 1.165) is 21.7 Å². The molecule has 0 saturated carbocycles. The summed E-state index contributed by atoms with van der Waals surface area (Å²) in [5, 5.41) is 12.6. The number of aromatic hydroxyl groups is 1. The summed E-state index contributed by atoms with van der Waals surface area (Å²) in [6.07, 6.45) is 1.14. The standard InChI is InChI=1S/C18H15BrN2O3/c1-2-17(23)20-14-5-6-16(22)15(8-14)18(24)21-9-11-3-4-13(19)7-12(11)10-21/h2-8,22H,1,9-10H2,(H,20,23). The summed E-state index contributed by atoms with van der Waals surface area (Å²) < 4.78 is 0.965. The number of nitrogens with zero attached hydrogens (tertiary/aromatic N) is 1. The number of nitrogens with one attached hydrogen (secondary N) is 1. The zero-order valence-electron chi connectivity index (χ0n) is 12.8. The van der Waals surface area contributed by atoms with Crippen molar-refractivity contribution >= 4 is 33.4 Å². The molecule has 2 aromatic carbocycles. The number of rotatable bonds is 3. The number of phenols is 1. The minimum atomic E-state index is -0.377. The van der Waals surface area contributed by atoms with Gasteiger partial charge in [0.15, 0.2) is 0 Å². The first kappa shape index (κ1) is 16.3. The molecule has 0 aliphatic carbocycles. The van der Waals surface area contributed by atoms with Gasteiger partial charge >= 0.3 is 0 Å². The van der Waals surface area contributed by atoms with Crippen LogP contribution in [-0.2, 0) is 17.9 Å². The molecular weight excluding hydrogens is 372 g/mol. The number of amides is 2. The highest BCUT2D eigenvalue weighted by Crippen LogP contribution is 2.30. The van der Waals surface area contributed by atoms with E-state index in [4.69, 9.17) is 0 Å². The van der Waals surface area contributed by atoms with E-state index in [1.165, 1.54) is 18.2 Å². The molecule has 24 heavy (non-hydrogen) atoms. The van der Waals surface area contributed by atoms with Crippen molar-refractivity contribution in [3.05, 3.63) is 70.2 Å². The molecule has 0 spiro atoms. The monoisotopic (exact) mass is 386 g/mol. The molecule has 1 heterocycles. The van der Waals surface area contributed by atoms with Crippen LogP contribution in [-0.4, -0.2) is 21.8 Å². The minimum Gasteiger partial charge on any atom is -0.507 e. The van der Waals surface area contributed by atoms with Gasteiger partial charge in [0.25, 0.3) is 5.91 Å². The Morgan fingerprint density at radius 2 is 1.92 bits per heavy atom. The molecule has 2 aromatic rings. The summed E-state index contributed by atoms with van der Waals surface area (Å²) in [6.45, 7) is 4.36. The maximum atomic E-state index is 12.8. The van der Waals surface area contributed by atoms with Crippen LogP contribution < -0.4 is 5.32 Å². The first-order chi connectivity index (χ1) is 11.5. The van der Waals surface area contributed by atoms with E-state index in [9.17, 15) is 14.7 Å². The van der Waals surface area contributed by atoms with Gasteiger partial charge in [0, 0.05) is 23.2 Å². The Hall–Kier alpha value is -2.60. The second-order valence-corrected chi connectivity index (χ2v) is 6.42. The van der Waals surface area contributed by atoms with Gasteiger partial charge in [0.05, 0.1) is 5.56 Å². The van der Waals surface area contributed by atoms with Crippen molar-refractivity contribution in [1.82, 2.24) is 4.90 Å². The Kier molecular flexibility index (Phi) is 4.40. The largest absolute Gasteiger partial charge is 0.507 e. The Morgan fingerprint density at radius 1 is 1.17 bits per heavy atom. The Morgan fingerprint density at radius 3 is 2.67 bits per heavy atom. The fourth-order valence-corrected chi connectivity index (χ4v) is 3.06. The highest BCUT2D eigenvalue weighted by atomic mass is 79.9. The molecule has 3 rings (SSSR count). The Labute approximate surface area is 147 Å². The highest BCUT2D eigenvalue weighted by molar-refractivity contribution is 9.10. The second kappa shape index (κ2) is 6.49. The van der Waals surface area contributed by atoms with Crippen LogP contribution in [0.1, 0.15) is 21.5 Å². The Balaban J connectivity index is 1.84. The summed E-state index contributed by atoms with van der Waals surface area (Å²) in [7, 11) is 0. The molecule has 1 aliphatic heterocycles. The molecule has 0 bridgehead atoms. The summed E-state index contributed by atoms with van der Waals surface area (Å²) in [6, 6.07) is 10.3. The predicted molar refractivity (Wildman–Crippen MR) is 94.7 cm³/mol. The summed E-state index contributed by atoms with van der Waals surface area (Å²) >= 11 is 3.43. The van der Waals surface area contributed by atoms with Gasteiger partial charge in [-0.3, -0.25) is 9.59 Å². The summed E-state index contributed by atoms with van der Waals surface area (Å²) in [5.74, 6) is -0.777. The molecule has 0 atom stereocenters. The van der Waals surface area contributed by atoms with E-state index in [1.54, 1.807) is 4.90 Å². The summed E-state index contributed by atoms with van der Waals surface area (Å²) in [5.41, 5.74) is 2.75. The van der Waals surface area contributed by atoms with Crippen molar-refractivity contribution < 1.29 is 14.7 Å². The van der Waals surface area contributed by atoms with Crippen LogP contribution in [0.3, 0.4) is 0 Å². The molecule has 2 amide bonds. The fourth-order valence-electron chi connectivity index (χ4n) is 2.66. The molecule has 2 N–H and O–H groups in total. The first-order valence-electron chi connectivity index (χ1n) is 7.31. The molecule has 5 nitrogen and oxygen atoms in total. The predicted octanol–water partition coefficient (Wildman–Crippen LogP) is 3.44. The van der Waals surface area contributed by atoms with Crippen LogP contribution >= 0.6 is 15.9 Å². The summed E-state index contributed by atoms with van der Waals surface area (Å²) in [4.78, 5) is 25.8. The third-order valence-corrected chi connectivity index (χ3v) is 4.35.